The van der Waals surface area contributed by atoms with E-state index in [1.54, 1.807) is 41.3 Å². The summed E-state index contributed by atoms with van der Waals surface area (Å²) in [5, 5.41) is 11.7. The van der Waals surface area contributed by atoms with Crippen LogP contribution >= 0.6 is 0 Å². The highest BCUT2D eigenvalue weighted by Crippen LogP contribution is 2.22. The van der Waals surface area contributed by atoms with Crippen molar-refractivity contribution in [3.8, 4) is 0 Å². The minimum Gasteiger partial charge on any atom is -0.459 e. The van der Waals surface area contributed by atoms with Crippen LogP contribution in [0, 0.1) is 6.92 Å². The second-order valence-corrected chi connectivity index (χ2v) is 9.53. The Morgan fingerprint density at radius 2 is 1.84 bits per heavy atom. The van der Waals surface area contributed by atoms with Gasteiger partial charge in [-0.3, -0.25) is 9.69 Å². The first-order chi connectivity index (χ1) is 14.8. The molecule has 0 spiro atoms. The van der Waals surface area contributed by atoms with Crippen molar-refractivity contribution in [2.24, 2.45) is 0 Å². The normalized spacial score (nSPS) is 16.4. The van der Waals surface area contributed by atoms with Crippen molar-refractivity contribution >= 4 is 15.7 Å². The lowest BCUT2D eigenvalue weighted by molar-refractivity contribution is 0.0543. The maximum atomic E-state index is 12.8. The van der Waals surface area contributed by atoms with E-state index in [2.05, 4.69) is 20.4 Å². The molecule has 3 aromatic rings. The Morgan fingerprint density at radius 3 is 2.48 bits per heavy atom. The Balaban J connectivity index is 1.43. The molecule has 164 valence electrons. The number of nitrogens with zero attached hydrogens (tertiary/aromatic N) is 6. The number of carbonyl (C=O) groups excluding carboxylic acids is 1. The highest BCUT2D eigenvalue weighted by atomic mass is 32.2. The Hall–Kier alpha value is -3.05. The quantitative estimate of drug-likeness (QED) is 0.562. The maximum Gasteiger partial charge on any atom is 0.289 e. The Labute approximate surface area is 180 Å². The summed E-state index contributed by atoms with van der Waals surface area (Å²) in [6, 6.07) is 9.85. The largest absolute Gasteiger partial charge is 0.459 e. The average Bonchev–Trinajstić information content (AvgIpc) is 3.45. The van der Waals surface area contributed by atoms with Gasteiger partial charge in [0.2, 0.25) is 0 Å². The molecule has 0 radical (unpaired) electrons. The number of piperazine rings is 1. The third-order valence-electron chi connectivity index (χ3n) is 5.49. The molecule has 0 aliphatic carbocycles. The van der Waals surface area contributed by atoms with Crippen LogP contribution in [0.3, 0.4) is 0 Å². The number of rotatable bonds is 6. The van der Waals surface area contributed by atoms with Crippen LogP contribution in [-0.4, -0.2) is 70.5 Å². The molecule has 1 aromatic carbocycles. The standard InChI is InChI=1S/C20H24N6O4S/c1-15-5-7-17(8-6-15)31(28,29)14-26-19(21-22-23-26)16(2)24-9-11-25(12-10-24)20(27)18-4-3-13-30-18/h3-8,13,16H,9-12,14H2,1-2H3/t16-/m1/s1. The number of sulfone groups is 1. The highest BCUT2D eigenvalue weighted by Gasteiger charge is 2.30. The van der Waals surface area contributed by atoms with Gasteiger partial charge < -0.3 is 9.32 Å². The first-order valence-electron chi connectivity index (χ1n) is 9.97. The van der Waals surface area contributed by atoms with E-state index in [9.17, 15) is 13.2 Å². The van der Waals surface area contributed by atoms with Gasteiger partial charge >= 0.3 is 0 Å². The van der Waals surface area contributed by atoms with Gasteiger partial charge in [0.1, 0.15) is 0 Å². The molecule has 3 heterocycles. The summed E-state index contributed by atoms with van der Waals surface area (Å²) in [6.45, 7) is 6.14. The molecular formula is C20H24N6O4S. The second-order valence-electron chi connectivity index (χ2n) is 7.57. The lowest BCUT2D eigenvalue weighted by Gasteiger charge is -2.37. The van der Waals surface area contributed by atoms with E-state index in [1.165, 1.54) is 10.9 Å². The lowest BCUT2D eigenvalue weighted by Crippen LogP contribution is -2.49. The van der Waals surface area contributed by atoms with Crippen molar-refractivity contribution < 1.29 is 17.6 Å². The molecule has 2 aromatic heterocycles. The molecule has 1 aliphatic heterocycles. The van der Waals surface area contributed by atoms with Crippen molar-refractivity contribution in [3.63, 3.8) is 0 Å². The minimum absolute atomic E-state index is 0.133. The number of aryl methyl sites for hydroxylation is 1. The van der Waals surface area contributed by atoms with Crippen molar-refractivity contribution in [2.75, 3.05) is 26.2 Å². The predicted molar refractivity (Wildman–Crippen MR) is 111 cm³/mol. The van der Waals surface area contributed by atoms with E-state index in [0.717, 1.165) is 5.56 Å². The number of benzene rings is 1. The van der Waals surface area contributed by atoms with Crippen LogP contribution in [0.25, 0.3) is 0 Å². The van der Waals surface area contributed by atoms with Crippen LogP contribution in [0.15, 0.2) is 52.0 Å². The van der Waals surface area contributed by atoms with Gasteiger partial charge in [-0.25, -0.2) is 13.1 Å². The molecule has 1 saturated heterocycles. The molecule has 31 heavy (non-hydrogen) atoms. The summed E-state index contributed by atoms with van der Waals surface area (Å²) in [5.41, 5.74) is 0.986. The van der Waals surface area contributed by atoms with E-state index < -0.39 is 9.84 Å². The highest BCUT2D eigenvalue weighted by molar-refractivity contribution is 7.90. The molecule has 11 heteroatoms. The zero-order valence-electron chi connectivity index (χ0n) is 17.4. The molecular weight excluding hydrogens is 420 g/mol. The van der Waals surface area contributed by atoms with Crippen LogP contribution in [0.4, 0.5) is 0 Å². The first-order valence-corrected chi connectivity index (χ1v) is 11.6. The van der Waals surface area contributed by atoms with E-state index in [1.807, 2.05) is 13.8 Å². The molecule has 0 bridgehead atoms. The van der Waals surface area contributed by atoms with Crippen molar-refractivity contribution in [1.29, 1.82) is 0 Å². The minimum atomic E-state index is -3.59. The van der Waals surface area contributed by atoms with Crippen LogP contribution < -0.4 is 0 Å². The molecule has 1 atom stereocenters. The van der Waals surface area contributed by atoms with E-state index in [4.69, 9.17) is 4.42 Å². The van der Waals surface area contributed by atoms with Gasteiger partial charge in [-0.15, -0.1) is 5.10 Å². The maximum absolute atomic E-state index is 12.8. The molecule has 4 rings (SSSR count). The van der Waals surface area contributed by atoms with Gasteiger partial charge in [0.05, 0.1) is 17.2 Å². The number of furan rings is 1. The van der Waals surface area contributed by atoms with Crippen LogP contribution in [0.2, 0.25) is 0 Å². The Kier molecular flexibility index (Phi) is 5.88. The third kappa shape index (κ3) is 4.52. The van der Waals surface area contributed by atoms with Crippen LogP contribution in [0.5, 0.6) is 0 Å². The van der Waals surface area contributed by atoms with Crippen LogP contribution in [-0.2, 0) is 15.7 Å². The van der Waals surface area contributed by atoms with E-state index in [-0.39, 0.29) is 22.7 Å². The number of aromatic nitrogens is 4. The number of hydrogen-bond acceptors (Lipinski definition) is 8. The summed E-state index contributed by atoms with van der Waals surface area (Å²) < 4.78 is 32.1. The summed E-state index contributed by atoms with van der Waals surface area (Å²) in [7, 11) is -3.59. The van der Waals surface area contributed by atoms with Crippen LogP contribution in [0.1, 0.15) is 34.9 Å². The fraction of sp³-hybridized carbons (Fsp3) is 0.400. The molecule has 1 aliphatic rings. The number of tetrazole rings is 1. The Bertz CT molecular complexity index is 1130. The van der Waals surface area contributed by atoms with Gasteiger partial charge in [-0.2, -0.15) is 0 Å². The Morgan fingerprint density at radius 1 is 1.13 bits per heavy atom. The smallest absolute Gasteiger partial charge is 0.289 e. The molecule has 0 unspecified atom stereocenters. The zero-order chi connectivity index (χ0) is 22.0. The summed E-state index contributed by atoms with van der Waals surface area (Å²) in [4.78, 5) is 16.6. The number of carbonyl (C=O) groups is 1. The van der Waals surface area contributed by atoms with Gasteiger partial charge in [0, 0.05) is 26.2 Å². The summed E-state index contributed by atoms with van der Waals surface area (Å²) >= 11 is 0. The number of hydrogen-bond donors (Lipinski definition) is 0. The van der Waals surface area contributed by atoms with Gasteiger partial charge in [-0.05, 0) is 48.5 Å². The zero-order valence-corrected chi connectivity index (χ0v) is 18.2. The topological polar surface area (TPSA) is 114 Å². The van der Waals surface area contributed by atoms with Gasteiger partial charge in [-0.1, -0.05) is 17.7 Å². The lowest BCUT2D eigenvalue weighted by atomic mass is 10.2. The monoisotopic (exact) mass is 444 g/mol. The molecule has 1 amide bonds. The SMILES string of the molecule is Cc1ccc(S(=O)(=O)Cn2nnnc2[C@@H](C)N2CCN(C(=O)c3ccco3)CC2)cc1. The molecule has 0 saturated carbocycles. The van der Waals surface area contributed by atoms with Gasteiger partial charge in [0.15, 0.2) is 27.3 Å². The fourth-order valence-corrected chi connectivity index (χ4v) is 4.82. The molecule has 1 fully saturated rings. The molecule has 10 nitrogen and oxygen atoms in total. The predicted octanol–water partition coefficient (Wildman–Crippen LogP) is 1.52. The van der Waals surface area contributed by atoms with Crippen molar-refractivity contribution in [2.45, 2.75) is 30.7 Å². The summed E-state index contributed by atoms with van der Waals surface area (Å²) in [5.74, 6) is 0.333. The van der Waals surface area contributed by atoms with E-state index in [0.29, 0.717) is 37.8 Å². The average molecular weight is 445 g/mol. The van der Waals surface area contributed by atoms with Crippen molar-refractivity contribution in [1.82, 2.24) is 30.0 Å². The third-order valence-corrected chi connectivity index (χ3v) is 7.06. The van der Waals surface area contributed by atoms with Crippen molar-refractivity contribution in [3.05, 3.63) is 59.8 Å². The number of amides is 1. The first kappa shape index (κ1) is 21.2. The summed E-state index contributed by atoms with van der Waals surface area (Å²) in [6.07, 6.45) is 1.48. The van der Waals surface area contributed by atoms with Gasteiger partial charge in [0.25, 0.3) is 5.91 Å². The van der Waals surface area contributed by atoms with E-state index >= 15 is 0 Å². The fourth-order valence-electron chi connectivity index (χ4n) is 3.62. The second kappa shape index (κ2) is 8.60. The molecule has 0 N–H and O–H groups in total.